The van der Waals surface area contributed by atoms with Gasteiger partial charge in [0.1, 0.15) is 11.6 Å². The van der Waals surface area contributed by atoms with Crippen LogP contribution in [0.15, 0.2) is 32.4 Å². The number of halogens is 5. The number of hydrogen-bond donors (Lipinski definition) is 0. The van der Waals surface area contributed by atoms with Crippen molar-refractivity contribution in [1.29, 1.82) is 0 Å². The molecule has 30 heavy (non-hydrogen) atoms. The number of rotatable bonds is 6. The van der Waals surface area contributed by atoms with Crippen molar-refractivity contribution in [1.82, 2.24) is 29.5 Å². The van der Waals surface area contributed by atoms with Crippen molar-refractivity contribution in [3.63, 3.8) is 0 Å². The molecule has 0 aliphatic rings. The van der Waals surface area contributed by atoms with Crippen molar-refractivity contribution in [2.75, 3.05) is 0 Å². The number of benzene rings is 1. The van der Waals surface area contributed by atoms with Crippen LogP contribution in [0.2, 0.25) is 5.02 Å². The van der Waals surface area contributed by atoms with Gasteiger partial charge in [-0.25, -0.2) is 13.8 Å². The summed E-state index contributed by atoms with van der Waals surface area (Å²) >= 11 is 15.4. The van der Waals surface area contributed by atoms with Gasteiger partial charge in [0.2, 0.25) is 9.47 Å². The Hall–Kier alpha value is -1.04. The van der Waals surface area contributed by atoms with Crippen LogP contribution in [0.1, 0.15) is 27.7 Å². The van der Waals surface area contributed by atoms with Crippen molar-refractivity contribution in [2.24, 2.45) is 11.8 Å². The molecule has 0 radical (unpaired) electrons. The van der Waals surface area contributed by atoms with Gasteiger partial charge in [-0.15, -0.1) is 10.2 Å². The minimum atomic E-state index is -0.487. The van der Waals surface area contributed by atoms with E-state index in [0.29, 0.717) is 39.6 Å². The molecule has 3 rings (SSSR count). The Morgan fingerprint density at radius 1 is 0.967 bits per heavy atom. The summed E-state index contributed by atoms with van der Waals surface area (Å²) < 4.78 is 24.0. The molecule has 12 heteroatoms. The van der Waals surface area contributed by atoms with Crippen molar-refractivity contribution < 1.29 is 9.13 Å². The van der Waals surface area contributed by atoms with Crippen LogP contribution in [0.4, 0.5) is 4.39 Å². The highest BCUT2D eigenvalue weighted by atomic mass is 79.9. The third-order valence-corrected chi connectivity index (χ3v) is 4.94. The lowest BCUT2D eigenvalue weighted by Crippen LogP contribution is -2.07. The lowest BCUT2D eigenvalue weighted by atomic mass is 10.2. The lowest BCUT2D eigenvalue weighted by Gasteiger charge is -2.09. The lowest BCUT2D eigenvalue weighted by molar-refractivity contribution is 0.371. The number of aromatic nitrogens is 6. The number of nitrogens with zero attached hydrogens (tertiary/aromatic N) is 6. The van der Waals surface area contributed by atoms with Crippen LogP contribution in [0.25, 0.3) is 0 Å². The molecule has 0 aliphatic heterocycles. The smallest absolute Gasteiger partial charge is 0.321 e. The first kappa shape index (κ1) is 25.2. The molecular weight excluding hydrogens is 610 g/mol. The highest BCUT2D eigenvalue weighted by Gasteiger charge is 2.13. The summed E-state index contributed by atoms with van der Waals surface area (Å²) in [4.78, 5) is 8.17. The van der Waals surface area contributed by atoms with Gasteiger partial charge in [0.25, 0.3) is 0 Å². The van der Waals surface area contributed by atoms with Crippen LogP contribution < -0.4 is 4.74 Å². The maximum Gasteiger partial charge on any atom is 0.321 e. The van der Waals surface area contributed by atoms with Gasteiger partial charge in [-0.3, -0.25) is 0 Å². The first-order chi connectivity index (χ1) is 14.0. The SMILES string of the molecule is CC(C)Cn1nc(Br)nc1Br.CC(C)Cn1nc(Br)nc1Oc1ccc(F)c(Cl)c1. The monoisotopic (exact) mass is 628 g/mol. The maximum absolute atomic E-state index is 13.1. The minimum Gasteiger partial charge on any atom is -0.424 e. The Morgan fingerprint density at radius 2 is 1.53 bits per heavy atom. The Balaban J connectivity index is 0.000000248. The van der Waals surface area contributed by atoms with Gasteiger partial charge in [0.05, 0.1) is 5.02 Å². The third kappa shape index (κ3) is 7.90. The highest BCUT2D eigenvalue weighted by Crippen LogP contribution is 2.26. The highest BCUT2D eigenvalue weighted by molar-refractivity contribution is 9.11. The zero-order valence-electron chi connectivity index (χ0n) is 16.8. The van der Waals surface area contributed by atoms with E-state index in [2.05, 4.69) is 95.7 Å². The molecule has 0 fully saturated rings. The van der Waals surface area contributed by atoms with Crippen LogP contribution in [-0.4, -0.2) is 29.5 Å². The van der Waals surface area contributed by atoms with Gasteiger partial charge in [0, 0.05) is 19.2 Å². The Morgan fingerprint density at radius 3 is 2.07 bits per heavy atom. The van der Waals surface area contributed by atoms with E-state index in [0.717, 1.165) is 11.3 Å². The molecule has 0 unspecified atom stereocenters. The molecular formula is C18H21Br3ClFN6O. The summed E-state index contributed by atoms with van der Waals surface area (Å²) in [5.74, 6) is 0.905. The first-order valence-corrected chi connectivity index (χ1v) is 11.8. The fourth-order valence-electron chi connectivity index (χ4n) is 2.25. The van der Waals surface area contributed by atoms with Gasteiger partial charge >= 0.3 is 6.01 Å². The van der Waals surface area contributed by atoms with E-state index in [-0.39, 0.29) is 5.02 Å². The van der Waals surface area contributed by atoms with Crippen LogP contribution in [0, 0.1) is 17.7 Å². The Bertz CT molecular complexity index is 979. The fraction of sp³-hybridized carbons (Fsp3) is 0.444. The molecule has 0 bridgehead atoms. The van der Waals surface area contributed by atoms with E-state index in [1.54, 1.807) is 4.68 Å². The van der Waals surface area contributed by atoms with E-state index in [1.807, 2.05) is 4.68 Å². The van der Waals surface area contributed by atoms with Crippen molar-refractivity contribution in [3.05, 3.63) is 43.2 Å². The molecule has 3 aromatic rings. The van der Waals surface area contributed by atoms with Gasteiger partial charge in [0.15, 0.2) is 4.73 Å². The molecule has 0 amide bonds. The summed E-state index contributed by atoms with van der Waals surface area (Å²) in [6.45, 7) is 9.97. The van der Waals surface area contributed by atoms with Crippen molar-refractivity contribution in [2.45, 2.75) is 40.8 Å². The second-order valence-corrected chi connectivity index (χ2v) is 9.68. The summed E-state index contributed by atoms with van der Waals surface area (Å²) in [6.07, 6.45) is 0. The number of hydrogen-bond acceptors (Lipinski definition) is 5. The molecule has 0 saturated heterocycles. The standard InChI is InChI=1S/C12H12BrClFN3O.C6H9Br2N3/c1-7(2)6-18-12(16-11(13)17-18)19-8-3-4-10(15)9(14)5-8;1-4(2)3-11-6(8)9-5(7)10-11/h3-5,7H,6H2,1-2H3;4H,3H2,1-2H3. The fourth-order valence-corrected chi connectivity index (χ4v) is 3.75. The second-order valence-electron chi connectivity index (χ2n) is 7.14. The van der Waals surface area contributed by atoms with Crippen LogP contribution in [0.3, 0.4) is 0 Å². The van der Waals surface area contributed by atoms with Crippen LogP contribution in [-0.2, 0) is 13.1 Å². The third-order valence-electron chi connectivity index (χ3n) is 3.39. The molecule has 0 aliphatic carbocycles. The average Bonchev–Trinajstić information content (AvgIpc) is 3.11. The zero-order chi connectivity index (χ0) is 22.4. The van der Waals surface area contributed by atoms with E-state index in [9.17, 15) is 4.39 Å². The summed E-state index contributed by atoms with van der Waals surface area (Å²) in [6, 6.07) is 4.47. The zero-order valence-corrected chi connectivity index (χ0v) is 22.3. The quantitative estimate of drug-likeness (QED) is 0.302. The predicted octanol–water partition coefficient (Wildman–Crippen LogP) is 6.74. The first-order valence-electron chi connectivity index (χ1n) is 9.04. The summed E-state index contributed by atoms with van der Waals surface area (Å²) in [5.41, 5.74) is 0. The topological polar surface area (TPSA) is 70.7 Å². The molecule has 7 nitrogen and oxygen atoms in total. The normalized spacial score (nSPS) is 11.0. The van der Waals surface area contributed by atoms with Gasteiger partial charge in [-0.1, -0.05) is 39.3 Å². The molecule has 2 aromatic heterocycles. The minimum absolute atomic E-state index is 0.00601. The second kappa shape index (κ2) is 11.5. The van der Waals surface area contributed by atoms with Crippen LogP contribution in [0.5, 0.6) is 11.8 Å². The van der Waals surface area contributed by atoms with E-state index >= 15 is 0 Å². The summed E-state index contributed by atoms with van der Waals surface area (Å²) in [5, 5.41) is 8.31. The molecule has 164 valence electrons. The Kier molecular flexibility index (Phi) is 9.70. The van der Waals surface area contributed by atoms with Crippen molar-refractivity contribution >= 4 is 59.4 Å². The molecule has 1 aromatic carbocycles. The molecule has 2 heterocycles. The summed E-state index contributed by atoms with van der Waals surface area (Å²) in [7, 11) is 0. The van der Waals surface area contributed by atoms with Gasteiger partial charge in [-0.05, 0) is 71.8 Å². The predicted molar refractivity (Wildman–Crippen MR) is 124 cm³/mol. The maximum atomic E-state index is 13.1. The van der Waals surface area contributed by atoms with E-state index in [4.69, 9.17) is 16.3 Å². The Labute approximate surface area is 204 Å². The molecule has 0 N–H and O–H groups in total. The van der Waals surface area contributed by atoms with Gasteiger partial charge < -0.3 is 4.74 Å². The van der Waals surface area contributed by atoms with Gasteiger partial charge in [-0.2, -0.15) is 9.97 Å². The van der Waals surface area contributed by atoms with E-state index in [1.165, 1.54) is 18.2 Å². The molecule has 0 atom stereocenters. The van der Waals surface area contributed by atoms with E-state index < -0.39 is 5.82 Å². The molecule has 0 saturated carbocycles. The number of ether oxygens (including phenoxy) is 1. The molecule has 0 spiro atoms. The largest absolute Gasteiger partial charge is 0.424 e. The average molecular weight is 632 g/mol. The van der Waals surface area contributed by atoms with Crippen LogP contribution >= 0.6 is 59.4 Å². The van der Waals surface area contributed by atoms with Crippen molar-refractivity contribution in [3.8, 4) is 11.8 Å².